The van der Waals surface area contributed by atoms with Crippen molar-refractivity contribution in [3.8, 4) is 22.8 Å². The van der Waals surface area contributed by atoms with E-state index in [-0.39, 0.29) is 5.91 Å². The molecule has 0 unspecified atom stereocenters. The Morgan fingerprint density at radius 1 is 1.13 bits per heavy atom. The van der Waals surface area contributed by atoms with E-state index in [4.69, 9.17) is 14.9 Å². The van der Waals surface area contributed by atoms with E-state index in [2.05, 4.69) is 51.2 Å². The van der Waals surface area contributed by atoms with Crippen molar-refractivity contribution >= 4 is 35.0 Å². The van der Waals surface area contributed by atoms with Gasteiger partial charge >= 0.3 is 0 Å². The van der Waals surface area contributed by atoms with Crippen LogP contribution in [-0.2, 0) is 4.79 Å². The van der Waals surface area contributed by atoms with Gasteiger partial charge in [-0.05, 0) is 39.1 Å². The van der Waals surface area contributed by atoms with Crippen LogP contribution in [0.15, 0.2) is 55.4 Å². The Kier molecular flexibility index (Phi) is 9.78. The van der Waals surface area contributed by atoms with Crippen LogP contribution in [0.1, 0.15) is 19.4 Å². The van der Waals surface area contributed by atoms with Crippen molar-refractivity contribution in [2.75, 3.05) is 50.3 Å². The first-order valence-electron chi connectivity index (χ1n) is 12.2. The van der Waals surface area contributed by atoms with E-state index in [9.17, 15) is 4.79 Å². The fraction of sp³-hybridized carbons (Fsp3) is 0.286. The second-order valence-electron chi connectivity index (χ2n) is 8.77. The fourth-order valence-corrected chi connectivity index (χ4v) is 3.57. The zero-order valence-corrected chi connectivity index (χ0v) is 22.5. The predicted octanol–water partition coefficient (Wildman–Crippen LogP) is 4.78. The molecule has 1 heterocycles. The summed E-state index contributed by atoms with van der Waals surface area (Å²) in [5.41, 5.74) is 4.22. The van der Waals surface area contributed by atoms with Crippen molar-refractivity contribution < 1.29 is 14.3 Å². The van der Waals surface area contributed by atoms with Gasteiger partial charge in [0, 0.05) is 54.8 Å². The van der Waals surface area contributed by atoms with Crippen LogP contribution in [0.5, 0.6) is 11.5 Å². The average Bonchev–Trinajstić information content (AvgIpc) is 2.93. The number of anilines is 4. The number of nitrogens with one attached hydrogen (secondary N) is 4. The Morgan fingerprint density at radius 2 is 1.92 bits per heavy atom. The van der Waals surface area contributed by atoms with Crippen LogP contribution in [0.4, 0.5) is 22.9 Å². The summed E-state index contributed by atoms with van der Waals surface area (Å²) in [6.07, 6.45) is 3.97. The van der Waals surface area contributed by atoms with Gasteiger partial charge in [0.1, 0.15) is 30.3 Å². The number of aromatic nitrogens is 2. The van der Waals surface area contributed by atoms with Gasteiger partial charge in [-0.25, -0.2) is 9.97 Å². The molecule has 3 aromatic rings. The highest BCUT2D eigenvalue weighted by atomic mass is 16.5. The summed E-state index contributed by atoms with van der Waals surface area (Å²) in [7, 11) is 5.40. The van der Waals surface area contributed by atoms with Crippen LogP contribution >= 0.6 is 0 Å². The second-order valence-corrected chi connectivity index (χ2v) is 8.77. The number of ether oxygens (including phenoxy) is 2. The summed E-state index contributed by atoms with van der Waals surface area (Å²) in [6.45, 7) is 8.92. The van der Waals surface area contributed by atoms with Crippen molar-refractivity contribution in [1.82, 2.24) is 14.9 Å². The normalized spacial score (nSPS) is 10.7. The molecule has 0 saturated carbocycles. The topological polar surface area (TPSA) is 124 Å². The maximum Gasteiger partial charge on any atom is 0.247 e. The minimum Gasteiger partial charge on any atom is -0.494 e. The van der Waals surface area contributed by atoms with Crippen LogP contribution in [0.2, 0.25) is 0 Å². The molecule has 0 spiro atoms. The monoisotopic (exact) mass is 517 g/mol. The molecule has 0 saturated heterocycles. The Morgan fingerprint density at radius 3 is 2.58 bits per heavy atom. The average molecular weight is 518 g/mol. The Hall–Kier alpha value is -4.44. The lowest BCUT2D eigenvalue weighted by Gasteiger charge is -2.22. The molecule has 10 nitrogen and oxygen atoms in total. The molecule has 0 atom stereocenters. The molecule has 4 N–H and O–H groups in total. The number of hydrogen-bond acceptors (Lipinski definition) is 9. The van der Waals surface area contributed by atoms with E-state index < -0.39 is 0 Å². The molecule has 0 radical (unpaired) electrons. The molecule has 2 aromatic carbocycles. The van der Waals surface area contributed by atoms with Gasteiger partial charge < -0.3 is 35.7 Å². The molecule has 200 valence electrons. The minimum absolute atomic E-state index is 0.358. The molecule has 0 aliphatic heterocycles. The van der Waals surface area contributed by atoms with Gasteiger partial charge in [-0.1, -0.05) is 18.7 Å². The SMILES string of the molecule is C=CC(=O)Nc1cc(Nc2cc(-c3ccc(C=N)c(NC)c3)ncn2)c(OC)cc1OCCN(C)C(C)C. The number of amides is 1. The number of carbonyl (C=O) groups excluding carboxylic acids is 1. The van der Waals surface area contributed by atoms with Crippen molar-refractivity contribution in [3.05, 3.63) is 60.9 Å². The Bertz CT molecular complexity index is 1290. The molecular formula is C28H35N7O3. The van der Waals surface area contributed by atoms with Gasteiger partial charge in [-0.2, -0.15) is 0 Å². The van der Waals surface area contributed by atoms with Crippen molar-refractivity contribution in [2.45, 2.75) is 19.9 Å². The quantitative estimate of drug-likeness (QED) is 0.189. The first-order valence-corrected chi connectivity index (χ1v) is 12.2. The third-order valence-electron chi connectivity index (χ3n) is 6.03. The lowest BCUT2D eigenvalue weighted by Crippen LogP contribution is -2.30. The van der Waals surface area contributed by atoms with E-state index in [1.807, 2.05) is 38.4 Å². The van der Waals surface area contributed by atoms with Gasteiger partial charge in [-0.3, -0.25) is 4.79 Å². The summed E-state index contributed by atoms with van der Waals surface area (Å²) in [5.74, 6) is 1.17. The summed E-state index contributed by atoms with van der Waals surface area (Å²) in [6, 6.07) is 11.4. The second kappa shape index (κ2) is 13.2. The third-order valence-corrected chi connectivity index (χ3v) is 6.03. The number of benzene rings is 2. The summed E-state index contributed by atoms with van der Waals surface area (Å²) in [4.78, 5) is 23.1. The predicted molar refractivity (Wildman–Crippen MR) is 153 cm³/mol. The Balaban J connectivity index is 1.92. The summed E-state index contributed by atoms with van der Waals surface area (Å²) < 4.78 is 11.6. The first-order chi connectivity index (χ1) is 18.3. The van der Waals surface area contributed by atoms with Crippen LogP contribution in [-0.4, -0.2) is 67.4 Å². The number of methoxy groups -OCH3 is 1. The standard InChI is InChI=1S/C28H35N7O3/c1-7-28(36)34-24-13-23(25(37-6)15-26(24)38-11-10-35(5)18(2)3)33-27-14-22(31-17-32-27)19-8-9-20(16-29)21(12-19)30-4/h7-9,12-18,29-30H,1,10-11H2,2-6H3,(H,34,36)(H,31,32,33). The lowest BCUT2D eigenvalue weighted by molar-refractivity contribution is -0.111. The molecule has 1 amide bonds. The van der Waals surface area contributed by atoms with E-state index in [1.165, 1.54) is 18.6 Å². The molecule has 0 bridgehead atoms. The highest BCUT2D eigenvalue weighted by Crippen LogP contribution is 2.38. The van der Waals surface area contributed by atoms with E-state index in [0.29, 0.717) is 53.6 Å². The maximum absolute atomic E-state index is 12.1. The number of nitrogens with zero attached hydrogens (tertiary/aromatic N) is 3. The van der Waals surface area contributed by atoms with E-state index >= 15 is 0 Å². The van der Waals surface area contributed by atoms with Crippen molar-refractivity contribution in [2.24, 2.45) is 0 Å². The molecule has 0 fully saturated rings. The summed E-state index contributed by atoms with van der Waals surface area (Å²) >= 11 is 0. The number of hydrogen-bond donors (Lipinski definition) is 4. The fourth-order valence-electron chi connectivity index (χ4n) is 3.57. The molecule has 38 heavy (non-hydrogen) atoms. The number of likely N-dealkylation sites (N-methyl/N-ethyl adjacent to an activating group) is 1. The zero-order chi connectivity index (χ0) is 27.7. The zero-order valence-electron chi connectivity index (χ0n) is 22.5. The van der Waals surface area contributed by atoms with Crippen LogP contribution in [0, 0.1) is 5.41 Å². The molecule has 0 aliphatic rings. The highest BCUT2D eigenvalue weighted by Gasteiger charge is 2.15. The van der Waals surface area contributed by atoms with Gasteiger partial charge in [0.2, 0.25) is 5.91 Å². The van der Waals surface area contributed by atoms with Gasteiger partial charge in [0.25, 0.3) is 0 Å². The Labute approximate surface area is 223 Å². The molecule has 10 heteroatoms. The van der Waals surface area contributed by atoms with Crippen molar-refractivity contribution in [3.63, 3.8) is 0 Å². The maximum atomic E-state index is 12.1. The number of carbonyl (C=O) groups is 1. The molecule has 3 rings (SSSR count). The number of rotatable bonds is 13. The van der Waals surface area contributed by atoms with E-state index in [1.54, 1.807) is 19.2 Å². The van der Waals surface area contributed by atoms with E-state index in [0.717, 1.165) is 16.8 Å². The van der Waals surface area contributed by atoms with Crippen LogP contribution in [0.3, 0.4) is 0 Å². The first kappa shape index (κ1) is 28.1. The molecular weight excluding hydrogens is 482 g/mol. The van der Waals surface area contributed by atoms with Crippen LogP contribution < -0.4 is 25.4 Å². The minimum atomic E-state index is -0.358. The molecule has 0 aliphatic carbocycles. The van der Waals surface area contributed by atoms with Gasteiger partial charge in [0.05, 0.1) is 24.2 Å². The van der Waals surface area contributed by atoms with Crippen molar-refractivity contribution in [1.29, 1.82) is 5.41 Å². The van der Waals surface area contributed by atoms with Gasteiger partial charge in [-0.15, -0.1) is 0 Å². The van der Waals surface area contributed by atoms with Gasteiger partial charge in [0.15, 0.2) is 0 Å². The molecule has 1 aromatic heterocycles. The lowest BCUT2D eigenvalue weighted by atomic mass is 10.1. The highest BCUT2D eigenvalue weighted by molar-refractivity contribution is 6.00. The van der Waals surface area contributed by atoms with Crippen LogP contribution in [0.25, 0.3) is 11.3 Å². The summed E-state index contributed by atoms with van der Waals surface area (Å²) in [5, 5.41) is 16.7. The smallest absolute Gasteiger partial charge is 0.247 e. The third kappa shape index (κ3) is 7.07. The largest absolute Gasteiger partial charge is 0.494 e.